The number of allylic oxidation sites excluding steroid dienone is 2. The lowest BCUT2D eigenvalue weighted by molar-refractivity contribution is -0.137. The topological polar surface area (TPSA) is 56.8 Å². The summed E-state index contributed by atoms with van der Waals surface area (Å²) in [6.07, 6.45) is 3.39. The molecule has 4 rings (SSSR count). The van der Waals surface area contributed by atoms with Crippen molar-refractivity contribution in [3.05, 3.63) is 59.2 Å². The van der Waals surface area contributed by atoms with Crippen molar-refractivity contribution in [1.29, 1.82) is 0 Å². The Balaban J connectivity index is 2.06. The molecule has 0 bridgehead atoms. The van der Waals surface area contributed by atoms with E-state index >= 15 is 0 Å². The van der Waals surface area contributed by atoms with Crippen LogP contribution < -0.4 is 14.8 Å². The van der Waals surface area contributed by atoms with Crippen LogP contribution in [0.5, 0.6) is 11.5 Å². The smallest absolute Gasteiger partial charge is 0.337 e. The highest BCUT2D eigenvalue weighted by Gasteiger charge is 2.38. The fourth-order valence-corrected chi connectivity index (χ4v) is 4.58. The number of rotatable bonds is 3. The van der Waals surface area contributed by atoms with Crippen LogP contribution in [-0.2, 0) is 9.53 Å². The van der Waals surface area contributed by atoms with E-state index in [-0.39, 0.29) is 5.54 Å². The van der Waals surface area contributed by atoms with Crippen LogP contribution in [-0.4, -0.2) is 25.7 Å². The van der Waals surface area contributed by atoms with Crippen molar-refractivity contribution in [3.8, 4) is 22.6 Å². The minimum atomic E-state index is -0.585. The molecule has 30 heavy (non-hydrogen) atoms. The molecule has 1 atom stereocenters. The van der Waals surface area contributed by atoms with Gasteiger partial charge in [0.25, 0.3) is 0 Å². The summed E-state index contributed by atoms with van der Waals surface area (Å²) in [4.78, 5) is 12.6. The lowest BCUT2D eigenvalue weighted by atomic mass is 9.80. The Morgan fingerprint density at radius 2 is 1.93 bits per heavy atom. The molecule has 1 unspecified atom stereocenters. The highest BCUT2D eigenvalue weighted by molar-refractivity contribution is 5.96. The van der Waals surface area contributed by atoms with Gasteiger partial charge in [-0.25, -0.2) is 4.79 Å². The van der Waals surface area contributed by atoms with Gasteiger partial charge in [0.15, 0.2) is 6.10 Å². The van der Waals surface area contributed by atoms with E-state index in [1.165, 1.54) is 7.11 Å². The van der Waals surface area contributed by atoms with Gasteiger partial charge in [-0.2, -0.15) is 0 Å². The third-order valence-corrected chi connectivity index (χ3v) is 5.67. The number of benzene rings is 2. The van der Waals surface area contributed by atoms with Crippen molar-refractivity contribution in [1.82, 2.24) is 0 Å². The quantitative estimate of drug-likeness (QED) is 0.538. The Hall–Kier alpha value is -3.21. The zero-order chi connectivity index (χ0) is 21.6. The third-order valence-electron chi connectivity index (χ3n) is 5.67. The number of esters is 1. The maximum atomic E-state index is 12.6. The molecule has 0 radical (unpaired) electrons. The number of methoxy groups -OCH3 is 2. The van der Waals surface area contributed by atoms with E-state index in [2.05, 4.69) is 44.3 Å². The average Bonchev–Trinajstić information content (AvgIpc) is 2.71. The van der Waals surface area contributed by atoms with Gasteiger partial charge < -0.3 is 19.5 Å². The molecule has 0 amide bonds. The van der Waals surface area contributed by atoms with Gasteiger partial charge in [0, 0.05) is 16.8 Å². The number of hydrogen-bond acceptors (Lipinski definition) is 5. The SMILES string of the molecule is CC=C(C(=O)OC)C1Oc2cccc(OC)c2-c2ccc3c(c21)C(C)=CC(C)(C)N3. The Kier molecular flexibility index (Phi) is 4.85. The molecule has 2 aliphatic heterocycles. The number of fused-ring (bicyclic) bond motifs is 5. The second-order valence-electron chi connectivity index (χ2n) is 8.19. The molecular formula is C25H27NO4. The van der Waals surface area contributed by atoms with Gasteiger partial charge in [-0.1, -0.05) is 24.3 Å². The number of carbonyl (C=O) groups is 1. The lowest BCUT2D eigenvalue weighted by Crippen LogP contribution is -2.33. The van der Waals surface area contributed by atoms with Crippen LogP contribution >= 0.6 is 0 Å². The van der Waals surface area contributed by atoms with Crippen molar-refractivity contribution in [3.63, 3.8) is 0 Å². The summed E-state index contributed by atoms with van der Waals surface area (Å²) in [7, 11) is 3.04. The van der Waals surface area contributed by atoms with E-state index < -0.39 is 12.1 Å². The summed E-state index contributed by atoms with van der Waals surface area (Å²) in [5, 5.41) is 3.59. The monoisotopic (exact) mass is 405 g/mol. The molecule has 5 heteroatoms. The predicted molar refractivity (Wildman–Crippen MR) is 119 cm³/mol. The molecule has 0 spiro atoms. The minimum Gasteiger partial charge on any atom is -0.496 e. The summed E-state index contributed by atoms with van der Waals surface area (Å²) in [5.74, 6) is 1.02. The normalized spacial score (nSPS) is 18.7. The fourth-order valence-electron chi connectivity index (χ4n) is 4.58. The Morgan fingerprint density at radius 3 is 2.60 bits per heavy atom. The summed E-state index contributed by atoms with van der Waals surface area (Å²) in [6.45, 7) is 8.20. The number of nitrogens with one attached hydrogen (secondary N) is 1. The molecule has 2 heterocycles. The summed E-state index contributed by atoms with van der Waals surface area (Å²) >= 11 is 0. The van der Waals surface area contributed by atoms with E-state index in [4.69, 9.17) is 14.2 Å². The molecule has 156 valence electrons. The predicted octanol–water partition coefficient (Wildman–Crippen LogP) is 5.52. The zero-order valence-corrected chi connectivity index (χ0v) is 18.3. The van der Waals surface area contributed by atoms with Gasteiger partial charge in [0.1, 0.15) is 11.5 Å². The van der Waals surface area contributed by atoms with Crippen LogP contribution in [0, 0.1) is 0 Å². The fraction of sp³-hybridized carbons (Fsp3) is 0.320. The molecule has 0 saturated heterocycles. The number of anilines is 1. The summed E-state index contributed by atoms with van der Waals surface area (Å²) in [5.41, 5.74) is 6.35. The van der Waals surface area contributed by atoms with Crippen molar-refractivity contribution in [2.45, 2.75) is 39.3 Å². The van der Waals surface area contributed by atoms with E-state index in [1.54, 1.807) is 13.2 Å². The Labute approximate surface area is 177 Å². The molecule has 0 fully saturated rings. The molecule has 1 N–H and O–H groups in total. The molecule has 2 aromatic rings. The maximum absolute atomic E-state index is 12.6. The van der Waals surface area contributed by atoms with Crippen molar-refractivity contribution in [2.75, 3.05) is 19.5 Å². The molecule has 5 nitrogen and oxygen atoms in total. The van der Waals surface area contributed by atoms with Crippen LogP contribution in [0.4, 0.5) is 5.69 Å². The summed E-state index contributed by atoms with van der Waals surface area (Å²) in [6, 6.07) is 9.89. The van der Waals surface area contributed by atoms with Gasteiger partial charge in [-0.05, 0) is 57.0 Å². The molecule has 0 aromatic heterocycles. The molecule has 2 aliphatic rings. The Morgan fingerprint density at radius 1 is 1.17 bits per heavy atom. The van der Waals surface area contributed by atoms with E-state index in [0.717, 1.165) is 39.3 Å². The van der Waals surface area contributed by atoms with Crippen LogP contribution in [0.15, 0.2) is 48.1 Å². The average molecular weight is 405 g/mol. The molecule has 0 saturated carbocycles. The second-order valence-corrected chi connectivity index (χ2v) is 8.19. The van der Waals surface area contributed by atoms with Gasteiger partial charge in [-0.15, -0.1) is 0 Å². The third kappa shape index (κ3) is 3.05. The molecule has 0 aliphatic carbocycles. The first-order valence-electron chi connectivity index (χ1n) is 10.0. The van der Waals surface area contributed by atoms with Crippen LogP contribution in [0.25, 0.3) is 16.7 Å². The van der Waals surface area contributed by atoms with Crippen LogP contribution in [0.3, 0.4) is 0 Å². The van der Waals surface area contributed by atoms with E-state index in [1.807, 2.05) is 25.1 Å². The van der Waals surface area contributed by atoms with Gasteiger partial charge in [0.05, 0.1) is 30.9 Å². The number of hydrogen-bond donors (Lipinski definition) is 1. The van der Waals surface area contributed by atoms with Crippen LogP contribution in [0.1, 0.15) is 44.9 Å². The highest BCUT2D eigenvalue weighted by Crippen LogP contribution is 2.53. The van der Waals surface area contributed by atoms with Gasteiger partial charge in [-0.3, -0.25) is 0 Å². The Bertz CT molecular complexity index is 1090. The highest BCUT2D eigenvalue weighted by atomic mass is 16.5. The number of ether oxygens (including phenoxy) is 3. The van der Waals surface area contributed by atoms with Crippen molar-refractivity contribution >= 4 is 17.2 Å². The lowest BCUT2D eigenvalue weighted by Gasteiger charge is -2.37. The first-order valence-corrected chi connectivity index (χ1v) is 10.0. The second kappa shape index (κ2) is 7.24. The largest absolute Gasteiger partial charge is 0.496 e. The summed E-state index contributed by atoms with van der Waals surface area (Å²) < 4.78 is 17.2. The zero-order valence-electron chi connectivity index (χ0n) is 18.3. The van der Waals surface area contributed by atoms with E-state index in [0.29, 0.717) is 11.3 Å². The minimum absolute atomic E-state index is 0.169. The number of carbonyl (C=O) groups excluding carboxylic acids is 1. The first kappa shape index (κ1) is 20.1. The van der Waals surface area contributed by atoms with E-state index in [9.17, 15) is 4.79 Å². The standard InChI is InChI=1S/C25H27NO4/c1-7-15(24(27)29-6)23-22-16(21-18(28-5)9-8-10-19(21)30-23)11-12-17-20(22)14(2)13-25(3,4)26-17/h7-13,23,26H,1-6H3. The first-order chi connectivity index (χ1) is 14.3. The van der Waals surface area contributed by atoms with Crippen molar-refractivity contribution in [2.24, 2.45) is 0 Å². The maximum Gasteiger partial charge on any atom is 0.337 e. The van der Waals surface area contributed by atoms with Crippen LogP contribution in [0.2, 0.25) is 0 Å². The molecular weight excluding hydrogens is 378 g/mol. The molecule has 2 aromatic carbocycles. The van der Waals surface area contributed by atoms with Gasteiger partial charge >= 0.3 is 5.97 Å². The van der Waals surface area contributed by atoms with Crippen molar-refractivity contribution < 1.29 is 19.0 Å². The van der Waals surface area contributed by atoms with Gasteiger partial charge in [0.2, 0.25) is 0 Å².